The van der Waals surface area contributed by atoms with E-state index in [0.717, 1.165) is 25.2 Å². The number of nitrogens with one attached hydrogen (secondary N) is 2. The van der Waals surface area contributed by atoms with Crippen LogP contribution in [0.5, 0.6) is 0 Å². The third-order valence-corrected chi connectivity index (χ3v) is 4.73. The van der Waals surface area contributed by atoms with Crippen molar-refractivity contribution in [1.82, 2.24) is 10.6 Å². The van der Waals surface area contributed by atoms with E-state index in [1.54, 1.807) is 0 Å². The van der Waals surface area contributed by atoms with Gasteiger partial charge in [0.25, 0.3) is 0 Å². The van der Waals surface area contributed by atoms with Gasteiger partial charge in [0.1, 0.15) is 0 Å². The third-order valence-electron chi connectivity index (χ3n) is 3.99. The minimum absolute atomic E-state index is 0.0523. The van der Waals surface area contributed by atoms with Crippen LogP contribution in [0.1, 0.15) is 17.2 Å². The maximum atomic E-state index is 6.17. The highest BCUT2D eigenvalue weighted by Crippen LogP contribution is 2.29. The van der Waals surface area contributed by atoms with Crippen LogP contribution in [0.4, 0.5) is 0 Å². The first kappa shape index (κ1) is 16.7. The Kier molecular flexibility index (Phi) is 5.92. The predicted octanol–water partition coefficient (Wildman–Crippen LogP) is 3.81. The maximum absolute atomic E-state index is 6.17. The van der Waals surface area contributed by atoms with Gasteiger partial charge in [-0.2, -0.15) is 0 Å². The average Bonchev–Trinajstić information content (AvgIpc) is 2.82. The molecule has 1 unspecified atom stereocenters. The molecular formula is C18H20Cl2N2O. The van der Waals surface area contributed by atoms with Crippen LogP contribution >= 0.6 is 23.2 Å². The van der Waals surface area contributed by atoms with Crippen molar-refractivity contribution in [3.8, 4) is 0 Å². The lowest BCUT2D eigenvalue weighted by atomic mass is 10.0. The highest BCUT2D eigenvalue weighted by molar-refractivity contribution is 6.42. The number of hydrogen-bond acceptors (Lipinski definition) is 3. The van der Waals surface area contributed by atoms with Gasteiger partial charge >= 0.3 is 0 Å². The second kappa shape index (κ2) is 8.13. The average molecular weight is 351 g/mol. The number of hydrogen-bond donors (Lipinski definition) is 2. The van der Waals surface area contributed by atoms with Crippen molar-refractivity contribution >= 4 is 23.2 Å². The van der Waals surface area contributed by atoms with Crippen LogP contribution in [-0.4, -0.2) is 25.7 Å². The lowest BCUT2D eigenvalue weighted by Crippen LogP contribution is -2.41. The molecule has 2 atom stereocenters. The first-order valence-electron chi connectivity index (χ1n) is 7.78. The standard InChI is InChI=1S/C18H20Cl2N2O/c19-15-7-6-14(10-16(15)20)18-17(12-21-8-9-23-18)22-11-13-4-2-1-3-5-13/h1-7,10,17-18,21-22H,8-9,11-12H2/t17-,18?/m0/s1. The molecule has 23 heavy (non-hydrogen) atoms. The van der Waals surface area contributed by atoms with Gasteiger partial charge in [-0.3, -0.25) is 0 Å². The maximum Gasteiger partial charge on any atom is 0.0991 e. The highest BCUT2D eigenvalue weighted by atomic mass is 35.5. The molecule has 2 aromatic carbocycles. The molecule has 1 heterocycles. The van der Waals surface area contributed by atoms with Gasteiger partial charge in [-0.25, -0.2) is 0 Å². The summed E-state index contributed by atoms with van der Waals surface area (Å²) >= 11 is 12.2. The van der Waals surface area contributed by atoms with Gasteiger partial charge in [-0.05, 0) is 23.3 Å². The Bertz CT molecular complexity index is 636. The summed E-state index contributed by atoms with van der Waals surface area (Å²) in [5.74, 6) is 0. The van der Waals surface area contributed by atoms with Gasteiger partial charge in [0, 0.05) is 19.6 Å². The first-order valence-corrected chi connectivity index (χ1v) is 8.54. The molecule has 0 saturated carbocycles. The zero-order chi connectivity index (χ0) is 16.1. The lowest BCUT2D eigenvalue weighted by Gasteiger charge is -2.26. The van der Waals surface area contributed by atoms with Gasteiger partial charge in [0.05, 0.1) is 28.8 Å². The summed E-state index contributed by atoms with van der Waals surface area (Å²) in [4.78, 5) is 0. The third kappa shape index (κ3) is 4.46. The summed E-state index contributed by atoms with van der Waals surface area (Å²) < 4.78 is 6.06. The summed E-state index contributed by atoms with van der Waals surface area (Å²) in [5.41, 5.74) is 2.30. The van der Waals surface area contributed by atoms with E-state index in [1.807, 2.05) is 24.3 Å². The Balaban J connectivity index is 1.75. The van der Waals surface area contributed by atoms with Gasteiger partial charge in [0.15, 0.2) is 0 Å². The Morgan fingerprint density at radius 1 is 1.09 bits per heavy atom. The molecule has 3 rings (SSSR count). The van der Waals surface area contributed by atoms with Gasteiger partial charge in [0.2, 0.25) is 0 Å². The second-order valence-electron chi connectivity index (χ2n) is 5.64. The topological polar surface area (TPSA) is 33.3 Å². The van der Waals surface area contributed by atoms with Crippen LogP contribution in [0.3, 0.4) is 0 Å². The van der Waals surface area contributed by atoms with Crippen LogP contribution in [0, 0.1) is 0 Å². The number of benzene rings is 2. The molecule has 0 radical (unpaired) electrons. The molecule has 3 nitrogen and oxygen atoms in total. The molecule has 0 aliphatic carbocycles. The molecule has 2 N–H and O–H groups in total. The second-order valence-corrected chi connectivity index (χ2v) is 6.46. The monoisotopic (exact) mass is 350 g/mol. The van der Waals surface area contributed by atoms with Crippen LogP contribution in [-0.2, 0) is 11.3 Å². The lowest BCUT2D eigenvalue weighted by molar-refractivity contribution is 0.0435. The molecule has 1 fully saturated rings. The van der Waals surface area contributed by atoms with Crippen molar-refractivity contribution in [1.29, 1.82) is 0 Å². The van der Waals surface area contributed by atoms with E-state index in [9.17, 15) is 0 Å². The highest BCUT2D eigenvalue weighted by Gasteiger charge is 2.26. The van der Waals surface area contributed by atoms with Crippen molar-refractivity contribution in [3.05, 3.63) is 69.7 Å². The smallest absolute Gasteiger partial charge is 0.0991 e. The van der Waals surface area contributed by atoms with Crippen molar-refractivity contribution in [3.63, 3.8) is 0 Å². The van der Waals surface area contributed by atoms with Crippen LogP contribution in [0.25, 0.3) is 0 Å². The molecule has 1 aliphatic heterocycles. The van der Waals surface area contributed by atoms with Crippen LogP contribution in [0.15, 0.2) is 48.5 Å². The molecule has 5 heteroatoms. The first-order chi connectivity index (χ1) is 11.2. The van der Waals surface area contributed by atoms with Gasteiger partial charge < -0.3 is 15.4 Å². The zero-order valence-corrected chi connectivity index (χ0v) is 14.3. The summed E-state index contributed by atoms with van der Waals surface area (Å²) in [5, 5.41) is 8.14. The summed E-state index contributed by atoms with van der Waals surface area (Å²) in [6, 6.07) is 16.2. The molecule has 0 bridgehead atoms. The van der Waals surface area contributed by atoms with Gasteiger partial charge in [-0.1, -0.05) is 59.6 Å². The largest absolute Gasteiger partial charge is 0.371 e. The molecule has 0 spiro atoms. The molecule has 1 aliphatic rings. The molecular weight excluding hydrogens is 331 g/mol. The fourth-order valence-corrected chi connectivity index (χ4v) is 3.09. The van der Waals surface area contributed by atoms with Crippen LogP contribution < -0.4 is 10.6 Å². The van der Waals surface area contributed by atoms with E-state index in [1.165, 1.54) is 5.56 Å². The SMILES string of the molecule is Clc1ccc(C2OCCNC[C@@H]2NCc2ccccc2)cc1Cl. The van der Waals surface area contributed by atoms with E-state index < -0.39 is 0 Å². The number of rotatable bonds is 4. The fraction of sp³-hybridized carbons (Fsp3) is 0.333. The molecule has 1 saturated heterocycles. The van der Waals surface area contributed by atoms with E-state index >= 15 is 0 Å². The minimum atomic E-state index is -0.0523. The summed E-state index contributed by atoms with van der Waals surface area (Å²) in [7, 11) is 0. The fourth-order valence-electron chi connectivity index (χ4n) is 2.78. The van der Waals surface area contributed by atoms with Crippen molar-refractivity contribution in [2.75, 3.05) is 19.7 Å². The summed E-state index contributed by atoms with van der Waals surface area (Å²) in [6.45, 7) is 3.17. The predicted molar refractivity (Wildman–Crippen MR) is 95.1 cm³/mol. The zero-order valence-electron chi connectivity index (χ0n) is 12.8. The van der Waals surface area contributed by atoms with Crippen molar-refractivity contribution < 1.29 is 4.74 Å². The molecule has 2 aromatic rings. The van der Waals surface area contributed by atoms with E-state index in [2.05, 4.69) is 34.9 Å². The van der Waals surface area contributed by atoms with Gasteiger partial charge in [-0.15, -0.1) is 0 Å². The Labute approximate surface area is 146 Å². The Hall–Kier alpha value is -1.10. The molecule has 0 amide bonds. The molecule has 122 valence electrons. The number of ether oxygens (including phenoxy) is 1. The van der Waals surface area contributed by atoms with E-state index in [0.29, 0.717) is 16.7 Å². The van der Waals surface area contributed by atoms with Crippen molar-refractivity contribution in [2.45, 2.75) is 18.7 Å². The van der Waals surface area contributed by atoms with E-state index in [4.69, 9.17) is 27.9 Å². The quantitative estimate of drug-likeness (QED) is 0.879. The Morgan fingerprint density at radius 3 is 2.70 bits per heavy atom. The normalized spacial score (nSPS) is 21.8. The summed E-state index contributed by atoms with van der Waals surface area (Å²) in [6.07, 6.45) is -0.0523. The van der Waals surface area contributed by atoms with Crippen molar-refractivity contribution in [2.24, 2.45) is 0 Å². The number of halogens is 2. The molecule has 0 aromatic heterocycles. The van der Waals surface area contributed by atoms with E-state index in [-0.39, 0.29) is 12.1 Å². The van der Waals surface area contributed by atoms with Crippen LogP contribution in [0.2, 0.25) is 10.0 Å². The Morgan fingerprint density at radius 2 is 1.91 bits per heavy atom. The minimum Gasteiger partial charge on any atom is -0.371 e.